The fourth-order valence-corrected chi connectivity index (χ4v) is 1.65. The Kier molecular flexibility index (Phi) is 4.73. The largest absolute Gasteiger partial charge is 0.383 e. The number of nitrogens with zero attached hydrogens (tertiary/aromatic N) is 2. The molecule has 1 aliphatic heterocycles. The molecule has 1 heterocycles. The lowest BCUT2D eigenvalue weighted by Crippen LogP contribution is -2.37. The summed E-state index contributed by atoms with van der Waals surface area (Å²) >= 11 is 0. The van der Waals surface area contributed by atoms with Crippen molar-refractivity contribution in [2.75, 3.05) is 18.4 Å². The number of nitrogens with one attached hydrogen (secondary N) is 2. The first-order valence-electron chi connectivity index (χ1n) is 5.24. The Labute approximate surface area is 104 Å². The molecule has 0 spiro atoms. The molecular formula is C10H15N5O3. The van der Waals surface area contributed by atoms with Gasteiger partial charge in [-0.3, -0.25) is 5.41 Å². The van der Waals surface area contributed by atoms with Crippen molar-refractivity contribution >= 4 is 11.6 Å². The third kappa shape index (κ3) is 4.16. The highest BCUT2D eigenvalue weighted by molar-refractivity contribution is 5.75. The molecule has 0 aliphatic carbocycles. The summed E-state index contributed by atoms with van der Waals surface area (Å²) in [6.07, 6.45) is 0. The Morgan fingerprint density at radius 1 is 1.56 bits per heavy atom. The van der Waals surface area contributed by atoms with Crippen LogP contribution in [0.25, 0.3) is 0 Å². The Balaban J connectivity index is 0.000000357. The normalized spacial score (nSPS) is 13.2. The molecule has 0 unspecified atom stereocenters. The summed E-state index contributed by atoms with van der Waals surface area (Å²) in [5.74, 6) is 0.142. The molecule has 1 aliphatic rings. The van der Waals surface area contributed by atoms with Gasteiger partial charge in [0.1, 0.15) is 0 Å². The monoisotopic (exact) mass is 253 g/mol. The SMILES string of the molecule is N=C(N)N1CCNc2ccccc2C1.O=[N+]([O-])O. The molecule has 98 valence electrons. The molecule has 18 heavy (non-hydrogen) atoms. The van der Waals surface area contributed by atoms with Crippen LogP contribution in [-0.4, -0.2) is 34.2 Å². The molecule has 8 heteroatoms. The summed E-state index contributed by atoms with van der Waals surface area (Å²) in [4.78, 5) is 10.2. The third-order valence-corrected chi connectivity index (χ3v) is 2.42. The zero-order chi connectivity index (χ0) is 13.5. The maximum Gasteiger partial charge on any atom is 0.291 e. The standard InChI is InChI=1S/C10H14N4.HNO3/c11-10(12)14-6-5-13-9-4-2-1-3-8(9)7-14;2-1(3)4/h1-4,13H,5-7H2,(H3,11,12);(H,2,3,4). The summed E-state index contributed by atoms with van der Waals surface area (Å²) in [7, 11) is 0. The average Bonchev–Trinajstić information content (AvgIpc) is 2.50. The minimum Gasteiger partial charge on any atom is -0.383 e. The van der Waals surface area contributed by atoms with E-state index in [1.54, 1.807) is 0 Å². The van der Waals surface area contributed by atoms with Crippen molar-refractivity contribution in [1.82, 2.24) is 4.90 Å². The third-order valence-electron chi connectivity index (χ3n) is 2.42. The minimum absolute atomic E-state index is 0.142. The van der Waals surface area contributed by atoms with Gasteiger partial charge in [0.25, 0.3) is 5.09 Å². The zero-order valence-corrected chi connectivity index (χ0v) is 9.67. The number of hydrogen-bond donors (Lipinski definition) is 4. The van der Waals surface area contributed by atoms with Crippen LogP contribution in [0.1, 0.15) is 5.56 Å². The van der Waals surface area contributed by atoms with Gasteiger partial charge in [-0.2, -0.15) is 0 Å². The molecule has 0 radical (unpaired) electrons. The van der Waals surface area contributed by atoms with Gasteiger partial charge in [0.05, 0.1) is 0 Å². The van der Waals surface area contributed by atoms with Crippen molar-refractivity contribution in [3.63, 3.8) is 0 Å². The molecule has 0 bridgehead atoms. The van der Waals surface area contributed by atoms with Gasteiger partial charge < -0.3 is 21.2 Å². The number of guanidine groups is 1. The van der Waals surface area contributed by atoms with Crippen molar-refractivity contribution in [2.45, 2.75) is 6.54 Å². The molecule has 0 saturated heterocycles. The van der Waals surface area contributed by atoms with Crippen molar-refractivity contribution in [1.29, 1.82) is 5.41 Å². The minimum atomic E-state index is -1.50. The number of para-hydroxylation sites is 1. The Morgan fingerprint density at radius 3 is 2.78 bits per heavy atom. The summed E-state index contributed by atoms with van der Waals surface area (Å²) in [6.45, 7) is 2.33. The Hall–Kier alpha value is -2.51. The van der Waals surface area contributed by atoms with Crippen LogP contribution in [0.3, 0.4) is 0 Å². The van der Waals surface area contributed by atoms with Crippen molar-refractivity contribution < 1.29 is 10.3 Å². The van der Waals surface area contributed by atoms with Crippen LogP contribution in [0, 0.1) is 15.5 Å². The highest BCUT2D eigenvalue weighted by Gasteiger charge is 2.13. The van der Waals surface area contributed by atoms with E-state index in [4.69, 9.17) is 26.5 Å². The number of benzene rings is 1. The van der Waals surface area contributed by atoms with E-state index in [1.165, 1.54) is 5.56 Å². The first kappa shape index (κ1) is 13.6. The number of nitrogens with two attached hydrogens (primary N) is 1. The van der Waals surface area contributed by atoms with Crippen LogP contribution in [0.4, 0.5) is 5.69 Å². The zero-order valence-electron chi connectivity index (χ0n) is 9.67. The molecule has 0 aromatic heterocycles. The van der Waals surface area contributed by atoms with Gasteiger partial charge in [-0.25, -0.2) is 0 Å². The Morgan fingerprint density at radius 2 is 2.17 bits per heavy atom. The molecule has 1 aromatic carbocycles. The predicted octanol–water partition coefficient (Wildman–Crippen LogP) is 0.460. The highest BCUT2D eigenvalue weighted by Crippen LogP contribution is 2.18. The van der Waals surface area contributed by atoms with Gasteiger partial charge in [-0.1, -0.05) is 18.2 Å². The molecule has 0 atom stereocenters. The van der Waals surface area contributed by atoms with Gasteiger partial charge in [0, 0.05) is 25.3 Å². The first-order chi connectivity index (χ1) is 8.50. The van der Waals surface area contributed by atoms with Crippen LogP contribution >= 0.6 is 0 Å². The van der Waals surface area contributed by atoms with E-state index in [0.29, 0.717) is 0 Å². The summed E-state index contributed by atoms with van der Waals surface area (Å²) < 4.78 is 0. The number of anilines is 1. The molecule has 0 amide bonds. The summed E-state index contributed by atoms with van der Waals surface area (Å²) in [5.41, 5.74) is 7.82. The molecule has 5 N–H and O–H groups in total. The summed E-state index contributed by atoms with van der Waals surface area (Å²) in [5, 5.41) is 24.4. The fraction of sp³-hybridized carbons (Fsp3) is 0.300. The van der Waals surface area contributed by atoms with Gasteiger partial charge in [0.15, 0.2) is 5.96 Å². The smallest absolute Gasteiger partial charge is 0.291 e. The van der Waals surface area contributed by atoms with Crippen molar-refractivity contribution in [3.05, 3.63) is 39.9 Å². The molecular weight excluding hydrogens is 238 g/mol. The van der Waals surface area contributed by atoms with Crippen LogP contribution in [-0.2, 0) is 6.54 Å². The van der Waals surface area contributed by atoms with Gasteiger partial charge >= 0.3 is 0 Å². The van der Waals surface area contributed by atoms with Gasteiger partial charge in [-0.05, 0) is 11.6 Å². The van der Waals surface area contributed by atoms with E-state index in [9.17, 15) is 0 Å². The lowest BCUT2D eigenvalue weighted by atomic mass is 10.2. The second-order valence-electron chi connectivity index (χ2n) is 3.63. The first-order valence-corrected chi connectivity index (χ1v) is 5.24. The molecule has 0 fully saturated rings. The summed E-state index contributed by atoms with van der Waals surface area (Å²) in [6, 6.07) is 8.13. The predicted molar refractivity (Wildman–Crippen MR) is 66.0 cm³/mol. The van der Waals surface area contributed by atoms with E-state index < -0.39 is 5.09 Å². The second-order valence-corrected chi connectivity index (χ2v) is 3.63. The van der Waals surface area contributed by atoms with Crippen LogP contribution in [0.15, 0.2) is 24.3 Å². The van der Waals surface area contributed by atoms with Crippen LogP contribution < -0.4 is 11.1 Å². The van der Waals surface area contributed by atoms with Crippen molar-refractivity contribution in [2.24, 2.45) is 5.73 Å². The van der Waals surface area contributed by atoms with Gasteiger partial charge in [0.2, 0.25) is 0 Å². The maximum absolute atomic E-state index is 8.36. The molecule has 0 saturated carbocycles. The van der Waals surface area contributed by atoms with Gasteiger partial charge in [-0.15, -0.1) is 10.1 Å². The lowest BCUT2D eigenvalue weighted by molar-refractivity contribution is -0.742. The van der Waals surface area contributed by atoms with Crippen LogP contribution in [0.2, 0.25) is 0 Å². The number of fused-ring (bicyclic) bond motifs is 1. The highest BCUT2D eigenvalue weighted by atomic mass is 16.9. The van der Waals surface area contributed by atoms with Crippen LogP contribution in [0.5, 0.6) is 0 Å². The van der Waals surface area contributed by atoms with E-state index in [-0.39, 0.29) is 5.96 Å². The second kappa shape index (κ2) is 6.28. The molecule has 8 nitrogen and oxygen atoms in total. The molecule has 1 aromatic rings. The number of hydrogen-bond acceptors (Lipinski definition) is 4. The Bertz CT molecular complexity index is 433. The van der Waals surface area contributed by atoms with E-state index in [0.717, 1.165) is 25.3 Å². The van der Waals surface area contributed by atoms with E-state index in [1.807, 2.05) is 17.0 Å². The number of rotatable bonds is 0. The molecule has 2 rings (SSSR count). The fourth-order valence-electron chi connectivity index (χ4n) is 1.65. The lowest BCUT2D eigenvalue weighted by Gasteiger charge is -2.19. The topological polar surface area (TPSA) is 129 Å². The van der Waals surface area contributed by atoms with Crippen molar-refractivity contribution in [3.8, 4) is 0 Å². The quantitative estimate of drug-likeness (QED) is 0.230. The maximum atomic E-state index is 8.36. The van der Waals surface area contributed by atoms with E-state index >= 15 is 0 Å². The average molecular weight is 253 g/mol. The van der Waals surface area contributed by atoms with E-state index in [2.05, 4.69) is 17.4 Å².